The minimum absolute atomic E-state index is 0.0586. The largest absolute Gasteiger partial charge is 0.458 e. The van der Waals surface area contributed by atoms with Crippen LogP contribution < -0.4 is 5.63 Å². The van der Waals surface area contributed by atoms with E-state index in [9.17, 15) is 14.0 Å². The normalized spacial score (nSPS) is 11.2. The van der Waals surface area contributed by atoms with Crippen molar-refractivity contribution in [1.82, 2.24) is 0 Å². The Balaban J connectivity index is 1.78. The molecule has 1 heterocycles. The van der Waals surface area contributed by atoms with Gasteiger partial charge in [-0.3, -0.25) is 0 Å². The van der Waals surface area contributed by atoms with Crippen LogP contribution in [0.25, 0.3) is 17.0 Å². The van der Waals surface area contributed by atoms with Gasteiger partial charge < -0.3 is 9.15 Å². The van der Waals surface area contributed by atoms with Crippen LogP contribution in [0, 0.1) is 19.7 Å². The molecule has 0 fully saturated rings. The number of halogens is 1. The summed E-state index contributed by atoms with van der Waals surface area (Å²) in [6, 6.07) is 10.9. The molecule has 3 rings (SSSR count). The van der Waals surface area contributed by atoms with Crippen LogP contribution in [0.15, 0.2) is 57.8 Å². The number of benzene rings is 2. The Bertz CT molecular complexity index is 1060. The van der Waals surface area contributed by atoms with Crippen molar-refractivity contribution in [3.8, 4) is 0 Å². The number of aryl methyl sites for hydroxylation is 2. The Labute approximate surface area is 149 Å². The highest BCUT2D eigenvalue weighted by Gasteiger charge is 2.10. The maximum Gasteiger partial charge on any atom is 0.336 e. The number of hydrogen-bond acceptors (Lipinski definition) is 4. The molecule has 0 spiro atoms. The molecule has 132 valence electrons. The lowest BCUT2D eigenvalue weighted by Gasteiger charge is -2.09. The summed E-state index contributed by atoms with van der Waals surface area (Å²) in [7, 11) is 0. The lowest BCUT2D eigenvalue weighted by molar-refractivity contribution is -0.138. The second-order valence-corrected chi connectivity index (χ2v) is 5.97. The smallest absolute Gasteiger partial charge is 0.336 e. The summed E-state index contributed by atoms with van der Waals surface area (Å²) in [5.41, 5.74) is 3.02. The molecule has 0 saturated carbocycles. The maximum absolute atomic E-state index is 13.1. The van der Waals surface area contributed by atoms with E-state index in [1.54, 1.807) is 12.1 Å². The van der Waals surface area contributed by atoms with Crippen molar-refractivity contribution < 1.29 is 18.3 Å². The number of carbonyl (C=O) groups excluding carboxylic acids is 1. The molecule has 1 aromatic heterocycles. The maximum atomic E-state index is 13.1. The first kappa shape index (κ1) is 17.6. The Hall–Kier alpha value is -3.21. The summed E-state index contributed by atoms with van der Waals surface area (Å²) in [5, 5.41) is 0.731. The highest BCUT2D eigenvalue weighted by molar-refractivity contribution is 5.88. The van der Waals surface area contributed by atoms with Gasteiger partial charge in [0.25, 0.3) is 0 Å². The average molecular weight is 352 g/mol. The van der Waals surface area contributed by atoms with E-state index in [2.05, 4.69) is 0 Å². The molecule has 0 aliphatic carbocycles. The standard InChI is InChI=1S/C21H17FO4/c1-13-6-8-18-16(11-20(24)26-21(18)14(13)2)12-25-19(23)9-7-15-4-3-5-17(22)10-15/h3-11H,12H2,1-2H3. The molecule has 0 aliphatic rings. The molecule has 4 nitrogen and oxygen atoms in total. The van der Waals surface area contributed by atoms with Crippen LogP contribution in [0.4, 0.5) is 4.39 Å². The zero-order valence-corrected chi connectivity index (χ0v) is 14.4. The highest BCUT2D eigenvalue weighted by Crippen LogP contribution is 2.23. The molecule has 0 N–H and O–H groups in total. The Kier molecular flexibility index (Phi) is 4.98. The third-order valence-corrected chi connectivity index (χ3v) is 4.15. The second kappa shape index (κ2) is 7.35. The third kappa shape index (κ3) is 3.88. The van der Waals surface area contributed by atoms with Crippen molar-refractivity contribution in [3.63, 3.8) is 0 Å². The van der Waals surface area contributed by atoms with Crippen LogP contribution in [-0.2, 0) is 16.1 Å². The van der Waals surface area contributed by atoms with E-state index in [0.29, 0.717) is 16.7 Å². The van der Waals surface area contributed by atoms with E-state index in [4.69, 9.17) is 9.15 Å². The molecule has 26 heavy (non-hydrogen) atoms. The number of ether oxygens (including phenoxy) is 1. The van der Waals surface area contributed by atoms with Gasteiger partial charge in [0, 0.05) is 23.1 Å². The molecule has 0 aliphatic heterocycles. The Morgan fingerprint density at radius 1 is 1.19 bits per heavy atom. The summed E-state index contributed by atoms with van der Waals surface area (Å²) in [5.74, 6) is -0.965. The van der Waals surface area contributed by atoms with Gasteiger partial charge in [-0.2, -0.15) is 0 Å². The molecule has 5 heteroatoms. The van der Waals surface area contributed by atoms with Crippen LogP contribution in [0.2, 0.25) is 0 Å². The zero-order valence-electron chi connectivity index (χ0n) is 14.4. The average Bonchev–Trinajstić information content (AvgIpc) is 2.61. The van der Waals surface area contributed by atoms with Crippen molar-refractivity contribution >= 4 is 23.0 Å². The topological polar surface area (TPSA) is 56.5 Å². The highest BCUT2D eigenvalue weighted by atomic mass is 19.1. The van der Waals surface area contributed by atoms with Gasteiger partial charge in [-0.1, -0.05) is 24.3 Å². The van der Waals surface area contributed by atoms with E-state index in [0.717, 1.165) is 16.5 Å². The van der Waals surface area contributed by atoms with Crippen LogP contribution in [0.5, 0.6) is 0 Å². The second-order valence-electron chi connectivity index (χ2n) is 5.97. The lowest BCUT2D eigenvalue weighted by Crippen LogP contribution is -2.06. The minimum atomic E-state index is -0.584. The summed E-state index contributed by atoms with van der Waals surface area (Å²) in [6.07, 6.45) is 2.69. The Morgan fingerprint density at radius 2 is 2.00 bits per heavy atom. The van der Waals surface area contributed by atoms with E-state index in [-0.39, 0.29) is 12.4 Å². The molecule has 0 unspecified atom stereocenters. The summed E-state index contributed by atoms with van der Waals surface area (Å²) >= 11 is 0. The summed E-state index contributed by atoms with van der Waals surface area (Å²) in [6.45, 7) is 3.74. The number of rotatable bonds is 4. The van der Waals surface area contributed by atoms with Gasteiger partial charge in [0.15, 0.2) is 0 Å². The van der Waals surface area contributed by atoms with Gasteiger partial charge in [-0.15, -0.1) is 0 Å². The van der Waals surface area contributed by atoms with Crippen LogP contribution in [-0.4, -0.2) is 5.97 Å². The molecule has 0 atom stereocenters. The van der Waals surface area contributed by atoms with Gasteiger partial charge in [-0.05, 0) is 48.7 Å². The van der Waals surface area contributed by atoms with E-state index in [1.165, 1.54) is 30.4 Å². The zero-order chi connectivity index (χ0) is 18.7. The third-order valence-electron chi connectivity index (χ3n) is 4.15. The first-order chi connectivity index (χ1) is 12.4. The van der Waals surface area contributed by atoms with E-state index in [1.807, 2.05) is 26.0 Å². The quantitative estimate of drug-likeness (QED) is 0.399. The predicted molar refractivity (Wildman–Crippen MR) is 97.2 cm³/mol. The van der Waals surface area contributed by atoms with Crippen molar-refractivity contribution in [3.05, 3.63) is 87.0 Å². The molecule has 0 amide bonds. The van der Waals surface area contributed by atoms with E-state index < -0.39 is 11.6 Å². The fourth-order valence-electron chi connectivity index (χ4n) is 2.62. The van der Waals surface area contributed by atoms with Crippen molar-refractivity contribution in [2.45, 2.75) is 20.5 Å². The van der Waals surface area contributed by atoms with Crippen molar-refractivity contribution in [1.29, 1.82) is 0 Å². The van der Waals surface area contributed by atoms with Gasteiger partial charge >= 0.3 is 11.6 Å². The fourth-order valence-corrected chi connectivity index (χ4v) is 2.62. The van der Waals surface area contributed by atoms with Crippen molar-refractivity contribution in [2.75, 3.05) is 0 Å². The van der Waals surface area contributed by atoms with Crippen LogP contribution in [0.1, 0.15) is 22.3 Å². The first-order valence-electron chi connectivity index (χ1n) is 8.07. The molecule has 3 aromatic rings. The van der Waals surface area contributed by atoms with Crippen molar-refractivity contribution in [2.24, 2.45) is 0 Å². The predicted octanol–water partition coefficient (Wildman–Crippen LogP) is 4.31. The number of carbonyl (C=O) groups is 1. The molecule has 0 radical (unpaired) electrons. The first-order valence-corrected chi connectivity index (χ1v) is 8.07. The summed E-state index contributed by atoms with van der Waals surface area (Å²) in [4.78, 5) is 23.7. The van der Waals surface area contributed by atoms with Gasteiger partial charge in [0.05, 0.1) is 0 Å². The molecule has 0 bridgehead atoms. The van der Waals surface area contributed by atoms with E-state index >= 15 is 0 Å². The van der Waals surface area contributed by atoms with Crippen LogP contribution in [0.3, 0.4) is 0 Å². The molecular formula is C21H17FO4. The Morgan fingerprint density at radius 3 is 2.77 bits per heavy atom. The minimum Gasteiger partial charge on any atom is -0.458 e. The molecular weight excluding hydrogens is 335 g/mol. The SMILES string of the molecule is Cc1ccc2c(COC(=O)C=Cc3cccc(F)c3)cc(=O)oc2c1C. The van der Waals surface area contributed by atoms with Gasteiger partial charge in [0.2, 0.25) is 0 Å². The summed E-state index contributed by atoms with van der Waals surface area (Å²) < 4.78 is 23.6. The van der Waals surface area contributed by atoms with Gasteiger partial charge in [0.1, 0.15) is 18.0 Å². The number of hydrogen-bond donors (Lipinski definition) is 0. The number of esters is 1. The molecule has 2 aromatic carbocycles. The fraction of sp³-hybridized carbons (Fsp3) is 0.143. The van der Waals surface area contributed by atoms with Gasteiger partial charge in [-0.25, -0.2) is 14.0 Å². The number of fused-ring (bicyclic) bond motifs is 1. The monoisotopic (exact) mass is 352 g/mol. The lowest BCUT2D eigenvalue weighted by atomic mass is 10.0. The molecule has 0 saturated heterocycles. The van der Waals surface area contributed by atoms with Crippen LogP contribution >= 0.6 is 0 Å².